The van der Waals surface area contributed by atoms with Gasteiger partial charge in [0.15, 0.2) is 5.13 Å². The quantitative estimate of drug-likeness (QED) is 0.529. The van der Waals surface area contributed by atoms with Crippen LogP contribution in [-0.4, -0.2) is 30.1 Å². The van der Waals surface area contributed by atoms with Gasteiger partial charge in [-0.05, 0) is 37.5 Å². The Morgan fingerprint density at radius 3 is 2.88 bits per heavy atom. The maximum absolute atomic E-state index is 13.2. The first-order chi connectivity index (χ1) is 12.5. The average Bonchev–Trinajstić information content (AvgIpc) is 3.32. The fourth-order valence-electron chi connectivity index (χ4n) is 3.06. The molecule has 8 heteroatoms. The highest BCUT2D eigenvalue weighted by molar-refractivity contribution is 7.22. The molecule has 4 rings (SSSR count). The van der Waals surface area contributed by atoms with E-state index >= 15 is 0 Å². The summed E-state index contributed by atoms with van der Waals surface area (Å²) in [6, 6.07) is 7.67. The number of thiazole rings is 1. The minimum Gasteiger partial charge on any atom is -0.376 e. The molecule has 0 radical (unpaired) electrons. The standard InChI is InChI=1S/C18H16Cl2N2O2S2/c1-10-4-2-6-13-15(10)21-18(25-13)22(9-11-5-3-7-24-11)17(23)12-8-14(19)26-16(12)20/h2,4,6,8,11H,3,5,7,9H2,1H3. The lowest BCUT2D eigenvalue weighted by Gasteiger charge is -2.22. The van der Waals surface area contributed by atoms with Crippen molar-refractivity contribution in [3.8, 4) is 0 Å². The number of nitrogens with zero attached hydrogens (tertiary/aromatic N) is 2. The van der Waals surface area contributed by atoms with Crippen LogP contribution in [-0.2, 0) is 4.74 Å². The molecule has 1 aliphatic rings. The van der Waals surface area contributed by atoms with Crippen LogP contribution in [0.1, 0.15) is 28.8 Å². The molecule has 1 fully saturated rings. The number of para-hydroxylation sites is 1. The molecule has 3 aromatic rings. The molecule has 26 heavy (non-hydrogen) atoms. The summed E-state index contributed by atoms with van der Waals surface area (Å²) in [5.41, 5.74) is 2.42. The highest BCUT2D eigenvalue weighted by atomic mass is 35.5. The van der Waals surface area contributed by atoms with Gasteiger partial charge in [0.2, 0.25) is 0 Å². The lowest BCUT2D eigenvalue weighted by Crippen LogP contribution is -2.37. The van der Waals surface area contributed by atoms with Crippen LogP contribution in [0.15, 0.2) is 24.3 Å². The number of aromatic nitrogens is 1. The van der Waals surface area contributed by atoms with Gasteiger partial charge in [-0.25, -0.2) is 4.98 Å². The maximum atomic E-state index is 13.2. The molecule has 1 unspecified atom stereocenters. The van der Waals surface area contributed by atoms with Gasteiger partial charge in [-0.15, -0.1) is 11.3 Å². The van der Waals surface area contributed by atoms with E-state index in [1.54, 1.807) is 11.0 Å². The molecule has 0 aliphatic carbocycles. The number of fused-ring (bicyclic) bond motifs is 1. The number of benzene rings is 1. The number of anilines is 1. The molecule has 1 aromatic carbocycles. The normalized spacial score (nSPS) is 17.1. The number of carbonyl (C=O) groups excluding carboxylic acids is 1. The van der Waals surface area contributed by atoms with Crippen molar-refractivity contribution in [2.45, 2.75) is 25.9 Å². The Kier molecular flexibility index (Phi) is 5.21. The Labute approximate surface area is 169 Å². The van der Waals surface area contributed by atoms with E-state index < -0.39 is 0 Å². The van der Waals surface area contributed by atoms with E-state index in [-0.39, 0.29) is 12.0 Å². The molecular weight excluding hydrogens is 411 g/mol. The molecule has 136 valence electrons. The van der Waals surface area contributed by atoms with Crippen LogP contribution in [0.5, 0.6) is 0 Å². The Morgan fingerprint density at radius 2 is 2.23 bits per heavy atom. The molecule has 2 aromatic heterocycles. The fraction of sp³-hybridized carbons (Fsp3) is 0.333. The van der Waals surface area contributed by atoms with Crippen molar-refractivity contribution in [2.24, 2.45) is 0 Å². The second-order valence-corrected chi connectivity index (χ2v) is 9.50. The monoisotopic (exact) mass is 426 g/mol. The third-order valence-corrected chi connectivity index (χ3v) is 6.91. The van der Waals surface area contributed by atoms with E-state index in [2.05, 4.69) is 0 Å². The molecule has 4 nitrogen and oxygen atoms in total. The summed E-state index contributed by atoms with van der Waals surface area (Å²) >= 11 is 15.0. The smallest absolute Gasteiger partial charge is 0.262 e. The Bertz CT molecular complexity index is 963. The van der Waals surface area contributed by atoms with Crippen LogP contribution in [0.2, 0.25) is 8.67 Å². The van der Waals surface area contributed by atoms with Crippen molar-refractivity contribution in [3.05, 3.63) is 44.1 Å². The number of thiophene rings is 1. The number of halogens is 2. The number of hydrogen-bond acceptors (Lipinski definition) is 5. The number of carbonyl (C=O) groups is 1. The Morgan fingerprint density at radius 1 is 1.38 bits per heavy atom. The summed E-state index contributed by atoms with van der Waals surface area (Å²) in [6.45, 7) is 3.21. The summed E-state index contributed by atoms with van der Waals surface area (Å²) in [5.74, 6) is -0.189. The van der Waals surface area contributed by atoms with Gasteiger partial charge in [0, 0.05) is 6.61 Å². The van der Waals surface area contributed by atoms with Crippen molar-refractivity contribution < 1.29 is 9.53 Å². The molecule has 0 N–H and O–H groups in total. The molecular formula is C18H16Cl2N2O2S2. The van der Waals surface area contributed by atoms with Gasteiger partial charge in [-0.3, -0.25) is 9.69 Å². The minimum absolute atomic E-state index is 0.0138. The summed E-state index contributed by atoms with van der Waals surface area (Å²) in [5, 5.41) is 0.660. The van der Waals surface area contributed by atoms with Crippen molar-refractivity contribution >= 4 is 67.1 Å². The SMILES string of the molecule is Cc1cccc2sc(N(CC3CCCO3)C(=O)c3cc(Cl)sc3Cl)nc12. The Hall–Kier alpha value is -1.18. The molecule has 1 aliphatic heterocycles. The van der Waals surface area contributed by atoms with Crippen molar-refractivity contribution in [3.63, 3.8) is 0 Å². The van der Waals surface area contributed by atoms with Gasteiger partial charge in [-0.1, -0.05) is 46.7 Å². The van der Waals surface area contributed by atoms with E-state index in [9.17, 15) is 4.79 Å². The summed E-state index contributed by atoms with van der Waals surface area (Å²) in [6.07, 6.45) is 1.96. The zero-order valence-electron chi connectivity index (χ0n) is 14.0. The van der Waals surface area contributed by atoms with Crippen LogP contribution < -0.4 is 4.90 Å². The fourth-order valence-corrected chi connectivity index (χ4v) is 5.56. The van der Waals surface area contributed by atoms with Crippen molar-refractivity contribution in [2.75, 3.05) is 18.1 Å². The topological polar surface area (TPSA) is 42.4 Å². The van der Waals surface area contributed by atoms with Gasteiger partial charge >= 0.3 is 0 Å². The number of ether oxygens (including phenoxy) is 1. The first kappa shape index (κ1) is 18.2. The third-order valence-electron chi connectivity index (χ3n) is 4.38. The maximum Gasteiger partial charge on any atom is 0.262 e. The predicted molar refractivity (Wildman–Crippen MR) is 109 cm³/mol. The number of amides is 1. The highest BCUT2D eigenvalue weighted by Gasteiger charge is 2.29. The summed E-state index contributed by atoms with van der Waals surface area (Å²) < 4.78 is 7.70. The van der Waals surface area contributed by atoms with Crippen LogP contribution in [0.3, 0.4) is 0 Å². The highest BCUT2D eigenvalue weighted by Crippen LogP contribution is 2.36. The number of rotatable bonds is 4. The lowest BCUT2D eigenvalue weighted by molar-refractivity contribution is 0.0918. The second-order valence-electron chi connectivity index (χ2n) is 6.21. The van der Waals surface area contributed by atoms with Gasteiger partial charge < -0.3 is 4.74 Å². The largest absolute Gasteiger partial charge is 0.376 e. The molecule has 0 saturated carbocycles. The van der Waals surface area contributed by atoms with Gasteiger partial charge in [0.05, 0.1) is 32.8 Å². The van der Waals surface area contributed by atoms with Gasteiger partial charge in [-0.2, -0.15) is 0 Å². The van der Waals surface area contributed by atoms with E-state index in [0.29, 0.717) is 25.9 Å². The molecule has 1 atom stereocenters. The second kappa shape index (κ2) is 7.44. The summed E-state index contributed by atoms with van der Waals surface area (Å²) in [7, 11) is 0. The number of hydrogen-bond donors (Lipinski definition) is 0. The van der Waals surface area contributed by atoms with E-state index in [1.165, 1.54) is 22.7 Å². The molecule has 1 amide bonds. The van der Waals surface area contributed by atoms with Gasteiger partial charge in [0.1, 0.15) is 4.34 Å². The van der Waals surface area contributed by atoms with Crippen molar-refractivity contribution in [1.29, 1.82) is 0 Å². The summed E-state index contributed by atoms with van der Waals surface area (Å²) in [4.78, 5) is 19.6. The third kappa shape index (κ3) is 3.49. The first-order valence-corrected chi connectivity index (χ1v) is 10.7. The van der Waals surface area contributed by atoms with Crippen LogP contribution in [0.4, 0.5) is 5.13 Å². The molecule has 0 spiro atoms. The van der Waals surface area contributed by atoms with Crippen molar-refractivity contribution in [1.82, 2.24) is 4.98 Å². The van der Waals surface area contributed by atoms with E-state index in [1.807, 2.05) is 25.1 Å². The zero-order valence-corrected chi connectivity index (χ0v) is 17.1. The van der Waals surface area contributed by atoms with Gasteiger partial charge in [0.25, 0.3) is 5.91 Å². The van der Waals surface area contributed by atoms with E-state index in [0.717, 1.165) is 35.2 Å². The zero-order chi connectivity index (χ0) is 18.3. The molecule has 3 heterocycles. The van der Waals surface area contributed by atoms with E-state index in [4.69, 9.17) is 32.9 Å². The Balaban J connectivity index is 1.75. The van der Waals surface area contributed by atoms with Crippen LogP contribution >= 0.6 is 45.9 Å². The first-order valence-electron chi connectivity index (χ1n) is 8.27. The average molecular weight is 427 g/mol. The molecule has 1 saturated heterocycles. The number of aryl methyl sites for hydroxylation is 1. The molecule has 0 bridgehead atoms. The minimum atomic E-state index is -0.189. The van der Waals surface area contributed by atoms with Crippen LogP contribution in [0, 0.1) is 6.92 Å². The lowest BCUT2D eigenvalue weighted by atomic mass is 10.2. The predicted octanol–water partition coefficient (Wildman–Crippen LogP) is 5.80. The van der Waals surface area contributed by atoms with Crippen LogP contribution in [0.25, 0.3) is 10.2 Å².